The average Bonchev–Trinajstić information content (AvgIpc) is 3.42. The number of furan rings is 1. The van der Waals surface area contributed by atoms with Crippen molar-refractivity contribution in [3.05, 3.63) is 42.5 Å². The first-order valence-electron chi connectivity index (χ1n) is 8.54. The van der Waals surface area contributed by atoms with Crippen molar-refractivity contribution in [2.45, 2.75) is 18.9 Å². The van der Waals surface area contributed by atoms with Crippen molar-refractivity contribution in [1.82, 2.24) is 16.2 Å². The number of fused-ring (bicyclic) bond motifs is 3. The standard InChI is InChI=1S/C19H17N3O5/c23-17(21-22-19(25)18(24)20-11-5-6-11)10-26-12-7-8-16-14(9-12)13-3-1-2-4-15(13)27-16/h1-4,7-9,11H,5-6,10H2,(H,20,24)(H,21,23)(H,22,25). The topological polar surface area (TPSA) is 110 Å². The van der Waals surface area contributed by atoms with Crippen LogP contribution in [0.5, 0.6) is 5.75 Å². The van der Waals surface area contributed by atoms with Gasteiger partial charge in [0.2, 0.25) is 0 Å². The predicted octanol–water partition coefficient (Wildman–Crippen LogP) is 1.39. The van der Waals surface area contributed by atoms with Crippen LogP contribution < -0.4 is 20.9 Å². The van der Waals surface area contributed by atoms with E-state index in [9.17, 15) is 14.4 Å². The van der Waals surface area contributed by atoms with E-state index in [1.807, 2.05) is 24.3 Å². The van der Waals surface area contributed by atoms with Crippen LogP contribution in [0.3, 0.4) is 0 Å². The zero-order valence-corrected chi connectivity index (χ0v) is 14.3. The van der Waals surface area contributed by atoms with E-state index in [-0.39, 0.29) is 12.6 Å². The Balaban J connectivity index is 1.32. The number of nitrogens with one attached hydrogen (secondary N) is 3. The van der Waals surface area contributed by atoms with Crippen LogP contribution >= 0.6 is 0 Å². The van der Waals surface area contributed by atoms with E-state index < -0.39 is 17.7 Å². The van der Waals surface area contributed by atoms with Gasteiger partial charge < -0.3 is 14.5 Å². The summed E-state index contributed by atoms with van der Waals surface area (Å²) in [6, 6.07) is 13.0. The molecule has 3 amide bonds. The number of ether oxygens (including phenoxy) is 1. The predicted molar refractivity (Wildman–Crippen MR) is 96.7 cm³/mol. The van der Waals surface area contributed by atoms with Crippen molar-refractivity contribution in [1.29, 1.82) is 0 Å². The fraction of sp³-hybridized carbons (Fsp3) is 0.211. The molecule has 2 aromatic carbocycles. The minimum Gasteiger partial charge on any atom is -0.484 e. The molecule has 8 heteroatoms. The molecule has 27 heavy (non-hydrogen) atoms. The largest absolute Gasteiger partial charge is 0.484 e. The number of para-hydroxylation sites is 1. The monoisotopic (exact) mass is 367 g/mol. The third-order valence-corrected chi connectivity index (χ3v) is 4.15. The van der Waals surface area contributed by atoms with E-state index >= 15 is 0 Å². The first kappa shape index (κ1) is 16.9. The summed E-state index contributed by atoms with van der Waals surface area (Å²) in [5, 5.41) is 4.36. The highest BCUT2D eigenvalue weighted by molar-refractivity contribution is 6.35. The van der Waals surface area contributed by atoms with Crippen LogP contribution in [0.2, 0.25) is 0 Å². The Kier molecular flexibility index (Phi) is 4.37. The van der Waals surface area contributed by atoms with E-state index in [1.165, 1.54) is 0 Å². The van der Waals surface area contributed by atoms with Crippen LogP contribution in [0.15, 0.2) is 46.9 Å². The lowest BCUT2D eigenvalue weighted by Crippen LogP contribution is -2.50. The number of hydrazine groups is 1. The molecule has 0 aliphatic heterocycles. The van der Waals surface area contributed by atoms with E-state index in [1.54, 1.807) is 18.2 Å². The minimum absolute atomic E-state index is 0.0659. The SMILES string of the molecule is O=C(COc1ccc2oc3ccccc3c2c1)NNC(=O)C(=O)NC1CC1. The summed E-state index contributed by atoms with van der Waals surface area (Å²) < 4.78 is 11.2. The number of benzene rings is 2. The third kappa shape index (κ3) is 3.84. The summed E-state index contributed by atoms with van der Waals surface area (Å²) in [4.78, 5) is 34.8. The summed E-state index contributed by atoms with van der Waals surface area (Å²) in [5.74, 6) is -1.78. The molecule has 1 aliphatic rings. The molecule has 0 saturated heterocycles. The molecule has 1 fully saturated rings. The fourth-order valence-corrected chi connectivity index (χ4v) is 2.64. The van der Waals surface area contributed by atoms with Crippen LogP contribution in [0.25, 0.3) is 21.9 Å². The molecule has 3 N–H and O–H groups in total. The zero-order chi connectivity index (χ0) is 18.8. The average molecular weight is 367 g/mol. The molecule has 1 aromatic heterocycles. The second-order valence-corrected chi connectivity index (χ2v) is 6.29. The second-order valence-electron chi connectivity index (χ2n) is 6.29. The molecule has 4 rings (SSSR count). The molecular formula is C19H17N3O5. The molecule has 0 atom stereocenters. The Labute approximate surface area is 153 Å². The van der Waals surface area contributed by atoms with Crippen molar-refractivity contribution in [3.8, 4) is 5.75 Å². The Hall–Kier alpha value is -3.55. The Morgan fingerprint density at radius 3 is 2.56 bits per heavy atom. The molecule has 1 heterocycles. The van der Waals surface area contributed by atoms with Gasteiger partial charge in [-0.15, -0.1) is 0 Å². The summed E-state index contributed by atoms with van der Waals surface area (Å²) in [5.41, 5.74) is 5.70. The van der Waals surface area contributed by atoms with Gasteiger partial charge in [0.1, 0.15) is 16.9 Å². The Morgan fingerprint density at radius 2 is 1.74 bits per heavy atom. The molecule has 3 aromatic rings. The van der Waals surface area contributed by atoms with Crippen molar-refractivity contribution < 1.29 is 23.5 Å². The minimum atomic E-state index is -0.915. The Bertz CT molecular complexity index is 1040. The lowest BCUT2D eigenvalue weighted by Gasteiger charge is -2.09. The van der Waals surface area contributed by atoms with Gasteiger partial charge >= 0.3 is 11.8 Å². The Morgan fingerprint density at radius 1 is 0.963 bits per heavy atom. The maximum Gasteiger partial charge on any atom is 0.327 e. The molecule has 0 radical (unpaired) electrons. The normalized spacial score (nSPS) is 13.3. The van der Waals surface area contributed by atoms with Crippen LogP contribution in [0.1, 0.15) is 12.8 Å². The van der Waals surface area contributed by atoms with E-state index in [4.69, 9.17) is 9.15 Å². The van der Waals surface area contributed by atoms with E-state index in [0.29, 0.717) is 5.75 Å². The lowest BCUT2D eigenvalue weighted by atomic mass is 10.1. The van der Waals surface area contributed by atoms with Crippen molar-refractivity contribution >= 4 is 39.7 Å². The fourth-order valence-electron chi connectivity index (χ4n) is 2.64. The molecule has 0 unspecified atom stereocenters. The third-order valence-electron chi connectivity index (χ3n) is 4.15. The molecule has 1 saturated carbocycles. The zero-order valence-electron chi connectivity index (χ0n) is 14.3. The highest BCUT2D eigenvalue weighted by atomic mass is 16.5. The van der Waals surface area contributed by atoms with Gasteiger partial charge in [-0.05, 0) is 37.1 Å². The summed E-state index contributed by atoms with van der Waals surface area (Å²) >= 11 is 0. The van der Waals surface area contributed by atoms with E-state index in [0.717, 1.165) is 34.8 Å². The molecule has 8 nitrogen and oxygen atoms in total. The highest BCUT2D eigenvalue weighted by Gasteiger charge is 2.26. The van der Waals surface area contributed by atoms with Crippen molar-refractivity contribution in [2.75, 3.05) is 6.61 Å². The van der Waals surface area contributed by atoms with Gasteiger partial charge in [0.25, 0.3) is 5.91 Å². The smallest absolute Gasteiger partial charge is 0.327 e. The van der Waals surface area contributed by atoms with Crippen molar-refractivity contribution in [2.24, 2.45) is 0 Å². The first-order chi connectivity index (χ1) is 13.1. The lowest BCUT2D eigenvalue weighted by molar-refractivity contribution is -0.141. The molecule has 138 valence electrons. The molecule has 0 bridgehead atoms. The number of rotatable bonds is 4. The van der Waals surface area contributed by atoms with Gasteiger partial charge in [-0.1, -0.05) is 18.2 Å². The first-order valence-corrected chi connectivity index (χ1v) is 8.54. The number of hydrogen-bond donors (Lipinski definition) is 3. The van der Waals surface area contributed by atoms with Gasteiger partial charge in [-0.25, -0.2) is 0 Å². The van der Waals surface area contributed by atoms with Gasteiger partial charge in [-0.3, -0.25) is 25.2 Å². The van der Waals surface area contributed by atoms with Crippen LogP contribution in [0.4, 0.5) is 0 Å². The van der Waals surface area contributed by atoms with Crippen LogP contribution in [0, 0.1) is 0 Å². The molecular weight excluding hydrogens is 350 g/mol. The number of carbonyl (C=O) groups is 3. The van der Waals surface area contributed by atoms with Gasteiger partial charge in [0.05, 0.1) is 0 Å². The number of hydrogen-bond acceptors (Lipinski definition) is 5. The summed E-state index contributed by atoms with van der Waals surface area (Å²) in [7, 11) is 0. The van der Waals surface area contributed by atoms with Gasteiger partial charge in [0.15, 0.2) is 6.61 Å². The molecule has 0 spiro atoms. The maximum atomic E-state index is 11.8. The summed E-state index contributed by atoms with van der Waals surface area (Å²) in [6.07, 6.45) is 1.74. The van der Waals surface area contributed by atoms with Crippen LogP contribution in [-0.4, -0.2) is 30.4 Å². The second kappa shape index (κ2) is 6.99. The maximum absolute atomic E-state index is 11.8. The summed E-state index contributed by atoms with van der Waals surface area (Å²) in [6.45, 7) is -0.314. The van der Waals surface area contributed by atoms with Gasteiger partial charge in [0, 0.05) is 16.8 Å². The number of amides is 3. The van der Waals surface area contributed by atoms with E-state index in [2.05, 4.69) is 16.2 Å². The van der Waals surface area contributed by atoms with Gasteiger partial charge in [-0.2, -0.15) is 0 Å². The highest BCUT2D eigenvalue weighted by Crippen LogP contribution is 2.31. The molecule has 1 aliphatic carbocycles. The number of carbonyl (C=O) groups excluding carboxylic acids is 3. The van der Waals surface area contributed by atoms with Crippen molar-refractivity contribution in [3.63, 3.8) is 0 Å². The quantitative estimate of drug-likeness (QED) is 0.477. The van der Waals surface area contributed by atoms with Crippen LogP contribution in [-0.2, 0) is 14.4 Å².